The molecule has 1 aliphatic heterocycles. The van der Waals surface area contributed by atoms with Crippen LogP contribution in [0.4, 0.5) is 5.69 Å². The lowest BCUT2D eigenvalue weighted by molar-refractivity contribution is -0.116. The van der Waals surface area contributed by atoms with Gasteiger partial charge in [-0.25, -0.2) is 0 Å². The molecule has 0 atom stereocenters. The lowest BCUT2D eigenvalue weighted by Crippen LogP contribution is -2.14. The summed E-state index contributed by atoms with van der Waals surface area (Å²) in [5.74, 6) is 1.90. The Kier molecular flexibility index (Phi) is 5.49. The first-order valence-corrected chi connectivity index (χ1v) is 8.47. The molecule has 1 heterocycles. The van der Waals surface area contributed by atoms with Crippen molar-refractivity contribution in [1.29, 1.82) is 0 Å². The SMILES string of the molecule is COc1ccc(CCC(=O)Nc2cc3c(cc2C(C)=O)OCO3)cc1OC. The molecule has 0 bridgehead atoms. The third-order valence-electron chi connectivity index (χ3n) is 4.25. The summed E-state index contributed by atoms with van der Waals surface area (Å²) in [7, 11) is 3.14. The zero-order valence-electron chi connectivity index (χ0n) is 15.5. The average Bonchev–Trinajstić information content (AvgIpc) is 3.12. The van der Waals surface area contributed by atoms with Gasteiger partial charge in [0.15, 0.2) is 28.8 Å². The summed E-state index contributed by atoms with van der Waals surface area (Å²) in [4.78, 5) is 24.3. The highest BCUT2D eigenvalue weighted by molar-refractivity contribution is 6.04. The number of nitrogens with one attached hydrogen (secondary N) is 1. The molecular formula is C20H21NO6. The summed E-state index contributed by atoms with van der Waals surface area (Å²) in [6.45, 7) is 1.54. The number of hydrogen-bond acceptors (Lipinski definition) is 6. The number of carbonyl (C=O) groups is 2. The van der Waals surface area contributed by atoms with E-state index in [2.05, 4.69) is 5.32 Å². The lowest BCUT2D eigenvalue weighted by atomic mass is 10.1. The van der Waals surface area contributed by atoms with Gasteiger partial charge in [-0.15, -0.1) is 0 Å². The number of fused-ring (bicyclic) bond motifs is 1. The van der Waals surface area contributed by atoms with Crippen LogP contribution in [0.1, 0.15) is 29.3 Å². The Hall–Kier alpha value is -3.22. The number of carbonyl (C=O) groups excluding carboxylic acids is 2. The summed E-state index contributed by atoms with van der Waals surface area (Å²) in [6, 6.07) is 8.74. The van der Waals surface area contributed by atoms with Crippen LogP contribution in [-0.4, -0.2) is 32.7 Å². The molecule has 2 aromatic carbocycles. The van der Waals surface area contributed by atoms with Gasteiger partial charge in [-0.2, -0.15) is 0 Å². The largest absolute Gasteiger partial charge is 0.493 e. The summed E-state index contributed by atoms with van der Waals surface area (Å²) in [5.41, 5.74) is 1.75. The third kappa shape index (κ3) is 4.13. The van der Waals surface area contributed by atoms with Crippen molar-refractivity contribution in [3.8, 4) is 23.0 Å². The van der Waals surface area contributed by atoms with Crippen molar-refractivity contribution in [1.82, 2.24) is 0 Å². The van der Waals surface area contributed by atoms with Gasteiger partial charge in [-0.05, 0) is 37.1 Å². The minimum Gasteiger partial charge on any atom is -0.493 e. The van der Waals surface area contributed by atoms with E-state index in [1.165, 1.54) is 6.92 Å². The Morgan fingerprint density at radius 3 is 2.41 bits per heavy atom. The molecule has 142 valence electrons. The van der Waals surface area contributed by atoms with E-state index < -0.39 is 0 Å². The maximum Gasteiger partial charge on any atom is 0.231 e. The smallest absolute Gasteiger partial charge is 0.231 e. The third-order valence-corrected chi connectivity index (χ3v) is 4.25. The van der Waals surface area contributed by atoms with Crippen molar-refractivity contribution in [3.63, 3.8) is 0 Å². The molecule has 0 fully saturated rings. The predicted octanol–water partition coefficient (Wildman–Crippen LogP) is 3.21. The van der Waals surface area contributed by atoms with Gasteiger partial charge in [0.25, 0.3) is 0 Å². The molecule has 1 aliphatic rings. The number of ether oxygens (including phenoxy) is 4. The molecule has 1 amide bonds. The standard InChI is InChI=1S/C20H21NO6/c1-12(22)14-9-18-19(27-11-26-18)10-15(14)21-20(23)7-5-13-4-6-16(24-2)17(8-13)25-3/h4,6,8-10H,5,7,11H2,1-3H3,(H,21,23). The number of Topliss-reactive ketones (excluding diaryl/α,β-unsaturated/α-hetero) is 1. The van der Waals surface area contributed by atoms with Gasteiger partial charge in [0.05, 0.1) is 19.9 Å². The average molecular weight is 371 g/mol. The van der Waals surface area contributed by atoms with Crippen LogP contribution in [0.5, 0.6) is 23.0 Å². The van der Waals surface area contributed by atoms with Gasteiger partial charge >= 0.3 is 0 Å². The highest BCUT2D eigenvalue weighted by atomic mass is 16.7. The van der Waals surface area contributed by atoms with E-state index in [-0.39, 0.29) is 24.9 Å². The van der Waals surface area contributed by atoms with Gasteiger partial charge in [-0.1, -0.05) is 6.07 Å². The van der Waals surface area contributed by atoms with Crippen molar-refractivity contribution in [3.05, 3.63) is 41.5 Å². The van der Waals surface area contributed by atoms with Gasteiger partial charge in [0.2, 0.25) is 12.7 Å². The lowest BCUT2D eigenvalue weighted by Gasteiger charge is -2.12. The normalized spacial score (nSPS) is 11.8. The molecule has 0 spiro atoms. The molecule has 27 heavy (non-hydrogen) atoms. The van der Waals surface area contributed by atoms with E-state index in [0.29, 0.717) is 40.7 Å². The molecule has 0 saturated heterocycles. The van der Waals surface area contributed by atoms with Gasteiger partial charge in [-0.3, -0.25) is 9.59 Å². The second-order valence-electron chi connectivity index (χ2n) is 6.04. The fraction of sp³-hybridized carbons (Fsp3) is 0.300. The van der Waals surface area contributed by atoms with Crippen molar-refractivity contribution < 1.29 is 28.5 Å². The monoisotopic (exact) mass is 371 g/mol. The number of methoxy groups -OCH3 is 2. The topological polar surface area (TPSA) is 83.1 Å². The van der Waals surface area contributed by atoms with Crippen molar-refractivity contribution >= 4 is 17.4 Å². The Labute approximate surface area is 157 Å². The Morgan fingerprint density at radius 2 is 1.74 bits per heavy atom. The first-order valence-electron chi connectivity index (χ1n) is 8.47. The van der Waals surface area contributed by atoms with Crippen LogP contribution in [0.3, 0.4) is 0 Å². The number of benzene rings is 2. The van der Waals surface area contributed by atoms with Gasteiger partial charge in [0.1, 0.15) is 0 Å². The number of hydrogen-bond donors (Lipinski definition) is 1. The van der Waals surface area contributed by atoms with Gasteiger partial charge in [0, 0.05) is 18.1 Å². The Bertz CT molecular complexity index is 877. The Balaban J connectivity index is 1.69. The summed E-state index contributed by atoms with van der Waals surface area (Å²) < 4.78 is 21.1. The van der Waals surface area contributed by atoms with E-state index in [9.17, 15) is 9.59 Å². The van der Waals surface area contributed by atoms with Gasteiger partial charge < -0.3 is 24.3 Å². The van der Waals surface area contributed by atoms with Crippen LogP contribution in [0, 0.1) is 0 Å². The number of amides is 1. The molecule has 1 N–H and O–H groups in total. The molecule has 0 saturated carbocycles. The molecule has 0 aliphatic carbocycles. The minimum absolute atomic E-state index is 0.101. The number of rotatable bonds is 7. The van der Waals surface area contributed by atoms with Crippen molar-refractivity contribution in [2.45, 2.75) is 19.8 Å². The summed E-state index contributed by atoms with van der Waals surface area (Å²) in [6.07, 6.45) is 0.771. The highest BCUT2D eigenvalue weighted by Gasteiger charge is 2.20. The van der Waals surface area contributed by atoms with Crippen LogP contribution in [0.2, 0.25) is 0 Å². The first kappa shape index (κ1) is 18.6. The van der Waals surface area contributed by atoms with E-state index in [1.54, 1.807) is 32.4 Å². The number of anilines is 1. The van der Waals surface area contributed by atoms with E-state index in [1.807, 2.05) is 12.1 Å². The van der Waals surface area contributed by atoms with E-state index in [4.69, 9.17) is 18.9 Å². The first-order chi connectivity index (χ1) is 13.0. The molecular weight excluding hydrogens is 350 g/mol. The quantitative estimate of drug-likeness (QED) is 0.753. The van der Waals surface area contributed by atoms with E-state index in [0.717, 1.165) is 5.56 Å². The molecule has 0 aromatic heterocycles. The highest BCUT2D eigenvalue weighted by Crippen LogP contribution is 2.37. The number of ketones is 1. The second kappa shape index (κ2) is 7.99. The summed E-state index contributed by atoms with van der Waals surface area (Å²) in [5, 5.41) is 2.79. The Morgan fingerprint density at radius 1 is 1.04 bits per heavy atom. The van der Waals surface area contributed by atoms with Crippen molar-refractivity contribution in [2.75, 3.05) is 26.3 Å². The molecule has 7 heteroatoms. The van der Waals surface area contributed by atoms with Crippen LogP contribution in [0.25, 0.3) is 0 Å². The molecule has 2 aromatic rings. The predicted molar refractivity (Wildman–Crippen MR) is 99.1 cm³/mol. The van der Waals surface area contributed by atoms with E-state index >= 15 is 0 Å². The molecule has 0 radical (unpaired) electrons. The number of aryl methyl sites for hydroxylation is 1. The van der Waals surface area contributed by atoms with Crippen LogP contribution >= 0.6 is 0 Å². The second-order valence-corrected chi connectivity index (χ2v) is 6.04. The summed E-state index contributed by atoms with van der Waals surface area (Å²) >= 11 is 0. The molecule has 7 nitrogen and oxygen atoms in total. The van der Waals surface area contributed by atoms with Crippen LogP contribution in [0.15, 0.2) is 30.3 Å². The van der Waals surface area contributed by atoms with Crippen LogP contribution in [-0.2, 0) is 11.2 Å². The zero-order valence-corrected chi connectivity index (χ0v) is 15.5. The maximum absolute atomic E-state index is 12.4. The fourth-order valence-corrected chi connectivity index (χ4v) is 2.84. The fourth-order valence-electron chi connectivity index (χ4n) is 2.84. The molecule has 0 unspecified atom stereocenters. The van der Waals surface area contributed by atoms with Crippen LogP contribution < -0.4 is 24.3 Å². The zero-order chi connectivity index (χ0) is 19.4. The maximum atomic E-state index is 12.4. The molecule has 3 rings (SSSR count). The minimum atomic E-state index is -0.203. The van der Waals surface area contributed by atoms with Crippen molar-refractivity contribution in [2.24, 2.45) is 0 Å².